The predicted octanol–water partition coefficient (Wildman–Crippen LogP) is 1.56. The first-order chi connectivity index (χ1) is 8.70. The van der Waals surface area contributed by atoms with E-state index in [2.05, 4.69) is 15.2 Å². The third kappa shape index (κ3) is 2.49. The molecule has 2 aliphatic heterocycles. The molecular weight excluding hydrogens is 250 g/mol. The van der Waals surface area contributed by atoms with Crippen LogP contribution in [0.15, 0.2) is 18.3 Å². The summed E-state index contributed by atoms with van der Waals surface area (Å²) in [6.45, 7) is 3.34. The first kappa shape index (κ1) is 11.9. The largest absolute Gasteiger partial charge is 0.347 e. The van der Waals surface area contributed by atoms with Crippen LogP contribution in [0.3, 0.4) is 0 Å². The molecule has 96 valence electrons. The Kier molecular flexibility index (Phi) is 3.22. The van der Waals surface area contributed by atoms with E-state index in [4.69, 9.17) is 11.6 Å². The molecule has 0 aliphatic carbocycles. The fourth-order valence-corrected chi connectivity index (χ4v) is 3.05. The van der Waals surface area contributed by atoms with Crippen LogP contribution in [0, 0.1) is 5.92 Å². The number of carbonyl (C=O) groups is 1. The highest BCUT2D eigenvalue weighted by Gasteiger charge is 2.33. The maximum atomic E-state index is 12.0. The lowest BCUT2D eigenvalue weighted by atomic mass is 9.97. The summed E-state index contributed by atoms with van der Waals surface area (Å²) in [6, 6.07) is 3.61. The molecule has 3 heterocycles. The van der Waals surface area contributed by atoms with Gasteiger partial charge in [0.2, 0.25) is 0 Å². The topological polar surface area (TPSA) is 45.2 Å². The molecule has 1 aromatic heterocycles. The summed E-state index contributed by atoms with van der Waals surface area (Å²) in [4.78, 5) is 18.5. The van der Waals surface area contributed by atoms with Crippen molar-refractivity contribution in [1.29, 1.82) is 0 Å². The third-order valence-electron chi connectivity index (χ3n) is 3.76. The van der Waals surface area contributed by atoms with E-state index in [1.54, 1.807) is 12.1 Å². The molecule has 3 rings (SSSR count). The molecule has 0 aromatic carbocycles. The first-order valence-corrected chi connectivity index (χ1v) is 6.73. The van der Waals surface area contributed by atoms with Crippen molar-refractivity contribution >= 4 is 17.5 Å². The Labute approximate surface area is 111 Å². The van der Waals surface area contributed by atoms with Gasteiger partial charge in [0.1, 0.15) is 5.69 Å². The summed E-state index contributed by atoms with van der Waals surface area (Å²) in [7, 11) is 0. The highest BCUT2D eigenvalue weighted by atomic mass is 35.5. The molecule has 0 spiro atoms. The Hall–Kier alpha value is -1.13. The highest BCUT2D eigenvalue weighted by molar-refractivity contribution is 6.30. The summed E-state index contributed by atoms with van der Waals surface area (Å²) in [5.74, 6) is 0.654. The lowest BCUT2D eigenvalue weighted by Gasteiger charge is -2.30. The van der Waals surface area contributed by atoms with Crippen LogP contribution in [0.2, 0.25) is 5.02 Å². The molecule has 1 N–H and O–H groups in total. The summed E-state index contributed by atoms with van der Waals surface area (Å²) in [5.41, 5.74) is 0.437. The number of amides is 1. The Morgan fingerprint density at radius 3 is 3.06 bits per heavy atom. The van der Waals surface area contributed by atoms with Crippen molar-refractivity contribution in [3.63, 3.8) is 0 Å². The second-order valence-corrected chi connectivity index (χ2v) is 5.62. The van der Waals surface area contributed by atoms with Gasteiger partial charge < -0.3 is 10.2 Å². The number of carbonyl (C=O) groups excluding carboxylic acids is 1. The number of rotatable bonds is 2. The van der Waals surface area contributed by atoms with E-state index in [0.29, 0.717) is 10.7 Å². The molecule has 2 fully saturated rings. The minimum atomic E-state index is -0.0980. The highest BCUT2D eigenvalue weighted by Crippen LogP contribution is 2.26. The Morgan fingerprint density at radius 1 is 1.44 bits per heavy atom. The van der Waals surface area contributed by atoms with Gasteiger partial charge in [-0.15, -0.1) is 0 Å². The Morgan fingerprint density at radius 2 is 2.33 bits per heavy atom. The maximum Gasteiger partial charge on any atom is 0.270 e. The Balaban J connectivity index is 1.62. The van der Waals surface area contributed by atoms with Gasteiger partial charge in [0, 0.05) is 25.3 Å². The van der Waals surface area contributed by atoms with Crippen molar-refractivity contribution < 1.29 is 4.79 Å². The summed E-state index contributed by atoms with van der Waals surface area (Å²) in [5, 5.41) is 3.62. The average molecular weight is 266 g/mol. The lowest BCUT2D eigenvalue weighted by molar-refractivity contribution is 0.0904. The zero-order valence-electron chi connectivity index (χ0n) is 10.1. The molecule has 4 nitrogen and oxygen atoms in total. The number of halogens is 1. The zero-order valence-corrected chi connectivity index (χ0v) is 10.9. The monoisotopic (exact) mass is 265 g/mol. The van der Waals surface area contributed by atoms with E-state index >= 15 is 0 Å². The van der Waals surface area contributed by atoms with E-state index in [1.807, 2.05) is 0 Å². The standard InChI is InChI=1S/C13H16ClN3O/c14-10-1-2-12(15-6-10)13(18)16-11-5-9-3-4-17(7-9)8-11/h1-2,6,9,11H,3-5,7-8H2,(H,16,18). The van der Waals surface area contributed by atoms with Gasteiger partial charge in [-0.2, -0.15) is 0 Å². The smallest absolute Gasteiger partial charge is 0.270 e. The van der Waals surface area contributed by atoms with Crippen molar-refractivity contribution in [2.75, 3.05) is 19.6 Å². The van der Waals surface area contributed by atoms with Crippen LogP contribution >= 0.6 is 11.6 Å². The molecule has 3 atom stereocenters. The number of fused-ring (bicyclic) bond motifs is 2. The molecule has 1 aromatic rings. The molecule has 5 heteroatoms. The fraction of sp³-hybridized carbons (Fsp3) is 0.538. The van der Waals surface area contributed by atoms with Crippen LogP contribution in [0.5, 0.6) is 0 Å². The van der Waals surface area contributed by atoms with Gasteiger partial charge in [-0.25, -0.2) is 4.98 Å². The van der Waals surface area contributed by atoms with E-state index < -0.39 is 0 Å². The van der Waals surface area contributed by atoms with Crippen molar-refractivity contribution in [2.24, 2.45) is 5.92 Å². The average Bonchev–Trinajstić information content (AvgIpc) is 2.69. The van der Waals surface area contributed by atoms with Gasteiger partial charge in [0.15, 0.2) is 0 Å². The minimum Gasteiger partial charge on any atom is -0.347 e. The minimum absolute atomic E-state index is 0.0980. The van der Waals surface area contributed by atoms with Crippen LogP contribution in [0.4, 0.5) is 0 Å². The third-order valence-corrected chi connectivity index (χ3v) is 3.99. The second-order valence-electron chi connectivity index (χ2n) is 5.18. The summed E-state index contributed by atoms with van der Waals surface area (Å²) < 4.78 is 0. The molecule has 1 amide bonds. The predicted molar refractivity (Wildman–Crippen MR) is 69.7 cm³/mol. The van der Waals surface area contributed by atoms with Gasteiger partial charge in [-0.1, -0.05) is 11.6 Å². The molecule has 3 unspecified atom stereocenters. The van der Waals surface area contributed by atoms with Crippen LogP contribution < -0.4 is 5.32 Å². The van der Waals surface area contributed by atoms with Crippen LogP contribution in [-0.2, 0) is 0 Å². The number of piperidine rings is 1. The van der Waals surface area contributed by atoms with E-state index in [-0.39, 0.29) is 11.9 Å². The lowest BCUT2D eigenvalue weighted by Crippen LogP contribution is -2.47. The number of aromatic nitrogens is 1. The SMILES string of the molecule is O=C(NC1CC2CCN(C2)C1)c1ccc(Cl)cn1. The van der Waals surface area contributed by atoms with Gasteiger partial charge in [0.25, 0.3) is 5.91 Å². The molecule has 2 aliphatic rings. The second kappa shape index (κ2) is 4.86. The van der Waals surface area contributed by atoms with E-state index in [1.165, 1.54) is 25.7 Å². The number of nitrogens with zero attached hydrogens (tertiary/aromatic N) is 2. The van der Waals surface area contributed by atoms with Crippen LogP contribution in [-0.4, -0.2) is 41.5 Å². The number of hydrogen-bond donors (Lipinski definition) is 1. The normalized spacial score (nSPS) is 30.2. The molecule has 2 bridgehead atoms. The summed E-state index contributed by atoms with van der Waals surface area (Å²) >= 11 is 5.75. The van der Waals surface area contributed by atoms with E-state index in [0.717, 1.165) is 18.9 Å². The number of nitrogens with one attached hydrogen (secondary N) is 1. The van der Waals surface area contributed by atoms with Crippen LogP contribution in [0.1, 0.15) is 23.3 Å². The van der Waals surface area contributed by atoms with Crippen molar-refractivity contribution in [3.05, 3.63) is 29.0 Å². The maximum absolute atomic E-state index is 12.0. The fourth-order valence-electron chi connectivity index (χ4n) is 2.93. The van der Waals surface area contributed by atoms with Crippen molar-refractivity contribution in [1.82, 2.24) is 15.2 Å². The van der Waals surface area contributed by atoms with E-state index in [9.17, 15) is 4.79 Å². The molecular formula is C13H16ClN3O. The molecule has 18 heavy (non-hydrogen) atoms. The first-order valence-electron chi connectivity index (χ1n) is 6.35. The van der Waals surface area contributed by atoms with Crippen molar-refractivity contribution in [3.8, 4) is 0 Å². The van der Waals surface area contributed by atoms with Crippen LogP contribution in [0.25, 0.3) is 0 Å². The number of hydrogen-bond acceptors (Lipinski definition) is 3. The molecule has 0 radical (unpaired) electrons. The van der Waals surface area contributed by atoms with Crippen molar-refractivity contribution in [2.45, 2.75) is 18.9 Å². The zero-order chi connectivity index (χ0) is 12.5. The quantitative estimate of drug-likeness (QED) is 0.883. The Bertz CT molecular complexity index is 436. The van der Waals surface area contributed by atoms with Gasteiger partial charge in [-0.05, 0) is 37.4 Å². The molecule has 0 saturated carbocycles. The molecule has 2 saturated heterocycles. The number of pyridine rings is 1. The van der Waals surface area contributed by atoms with Gasteiger partial charge in [-0.3, -0.25) is 4.79 Å². The van der Waals surface area contributed by atoms with Gasteiger partial charge in [0.05, 0.1) is 5.02 Å². The van der Waals surface area contributed by atoms with Gasteiger partial charge >= 0.3 is 0 Å². The summed E-state index contributed by atoms with van der Waals surface area (Å²) in [6.07, 6.45) is 3.87.